The largest absolute Gasteiger partial charge is 0.508 e. The molecule has 0 heterocycles. The smallest absolute Gasteiger partial charge is 0.163 e. The number of fused-ring (bicyclic) bond motifs is 5. The predicted molar refractivity (Wildman–Crippen MR) is 91.7 cm³/mol. The van der Waals surface area contributed by atoms with Gasteiger partial charge in [-0.3, -0.25) is 4.79 Å². The minimum atomic E-state index is -1.21. The van der Waals surface area contributed by atoms with E-state index < -0.39 is 5.60 Å². The van der Waals surface area contributed by atoms with E-state index in [0.717, 1.165) is 24.8 Å². The maximum atomic E-state index is 12.7. The van der Waals surface area contributed by atoms with Crippen molar-refractivity contribution in [3.8, 4) is 18.1 Å². The van der Waals surface area contributed by atoms with Crippen LogP contribution >= 0.6 is 0 Å². The van der Waals surface area contributed by atoms with Gasteiger partial charge in [-0.2, -0.15) is 0 Å². The van der Waals surface area contributed by atoms with Crippen molar-refractivity contribution >= 4 is 5.78 Å². The summed E-state index contributed by atoms with van der Waals surface area (Å²) in [5, 5.41) is 20.7. The number of carbonyl (C=O) groups excluding carboxylic acids is 1. The Kier molecular flexibility index (Phi) is 3.21. The number of benzene rings is 1. The second kappa shape index (κ2) is 4.97. The van der Waals surface area contributed by atoms with E-state index in [1.165, 1.54) is 0 Å². The third kappa shape index (κ3) is 1.75. The molecule has 0 aromatic heterocycles. The van der Waals surface area contributed by atoms with Crippen LogP contribution in [0.3, 0.4) is 0 Å². The van der Waals surface area contributed by atoms with Crippen LogP contribution in [0.1, 0.15) is 54.4 Å². The van der Waals surface area contributed by atoms with Crippen LogP contribution in [0, 0.1) is 29.6 Å². The van der Waals surface area contributed by atoms with Gasteiger partial charge in [0.15, 0.2) is 5.78 Å². The van der Waals surface area contributed by atoms with Crippen molar-refractivity contribution < 1.29 is 15.0 Å². The van der Waals surface area contributed by atoms with Gasteiger partial charge in [0, 0.05) is 17.4 Å². The van der Waals surface area contributed by atoms with Crippen molar-refractivity contribution in [2.75, 3.05) is 0 Å². The van der Waals surface area contributed by atoms with Crippen molar-refractivity contribution in [1.82, 2.24) is 0 Å². The summed E-state index contributed by atoms with van der Waals surface area (Å²) in [4.78, 5) is 12.7. The first-order valence-electron chi connectivity index (χ1n) is 8.71. The van der Waals surface area contributed by atoms with Crippen LogP contribution in [0.25, 0.3) is 0 Å². The average Bonchev–Trinajstić information content (AvgIpc) is 2.89. The predicted octanol–water partition coefficient (Wildman–Crippen LogP) is 3.42. The van der Waals surface area contributed by atoms with Crippen LogP contribution in [0.5, 0.6) is 5.75 Å². The highest BCUT2D eigenvalue weighted by atomic mass is 16.3. The zero-order chi connectivity index (χ0) is 17.1. The van der Waals surface area contributed by atoms with Gasteiger partial charge in [0.05, 0.1) is 0 Å². The number of carbonyl (C=O) groups is 1. The maximum absolute atomic E-state index is 12.7. The Hall–Kier alpha value is -2.05. The first-order valence-corrected chi connectivity index (χ1v) is 8.71. The van der Waals surface area contributed by atoms with Crippen LogP contribution in [0.4, 0.5) is 0 Å². The molecule has 124 valence electrons. The molecule has 0 saturated heterocycles. The standard InChI is InChI=1S/C21H22O3/c1-3-20-9-7-15-14-6-5-13(22)11-17(14)19(23)12-16(15)18(20)8-10-21(20,24)4-2/h2,5-6,8,10-11,15-16,18,22,24H,3,7,9,12H2,1H3/t15-,16-,18+,20+,21+/m1/s1. The van der Waals surface area contributed by atoms with Crippen LogP contribution in [0.15, 0.2) is 30.4 Å². The molecule has 0 bridgehead atoms. The highest BCUT2D eigenvalue weighted by Crippen LogP contribution is 2.63. The van der Waals surface area contributed by atoms with E-state index in [1.807, 2.05) is 6.07 Å². The van der Waals surface area contributed by atoms with Crippen molar-refractivity contribution in [3.63, 3.8) is 0 Å². The molecule has 24 heavy (non-hydrogen) atoms. The van der Waals surface area contributed by atoms with E-state index in [0.29, 0.717) is 12.0 Å². The van der Waals surface area contributed by atoms with Crippen LogP contribution in [-0.2, 0) is 0 Å². The lowest BCUT2D eigenvalue weighted by Gasteiger charge is -2.53. The molecule has 0 unspecified atom stereocenters. The van der Waals surface area contributed by atoms with Crippen LogP contribution < -0.4 is 0 Å². The number of rotatable bonds is 1. The Morgan fingerprint density at radius 2 is 2.21 bits per heavy atom. The van der Waals surface area contributed by atoms with Crippen molar-refractivity contribution in [2.24, 2.45) is 17.3 Å². The fourth-order valence-corrected chi connectivity index (χ4v) is 5.60. The molecule has 2 N–H and O–H groups in total. The molecule has 0 radical (unpaired) electrons. The minimum Gasteiger partial charge on any atom is -0.508 e. The first kappa shape index (κ1) is 15.5. The van der Waals surface area contributed by atoms with Gasteiger partial charge < -0.3 is 10.2 Å². The SMILES string of the molecule is C#C[C@]1(O)C=C[C@H]2[C@@H]3CC(=O)c4cc(O)ccc4[C@H]3CC[C@@]21CC. The molecule has 4 rings (SSSR count). The number of aromatic hydroxyl groups is 1. The fraction of sp³-hybridized carbons (Fsp3) is 0.476. The van der Waals surface area contributed by atoms with Crippen molar-refractivity contribution in [3.05, 3.63) is 41.5 Å². The van der Waals surface area contributed by atoms with Gasteiger partial charge in [0.2, 0.25) is 0 Å². The number of terminal acetylenes is 1. The van der Waals surface area contributed by atoms with Gasteiger partial charge in [-0.25, -0.2) is 0 Å². The molecular weight excluding hydrogens is 300 g/mol. The average molecular weight is 322 g/mol. The topological polar surface area (TPSA) is 57.5 Å². The second-order valence-corrected chi connectivity index (χ2v) is 7.51. The van der Waals surface area contributed by atoms with E-state index in [1.54, 1.807) is 18.2 Å². The van der Waals surface area contributed by atoms with E-state index in [9.17, 15) is 15.0 Å². The van der Waals surface area contributed by atoms with Gasteiger partial charge in [0.25, 0.3) is 0 Å². The molecule has 1 aromatic rings. The molecule has 1 saturated carbocycles. The Labute approximate surface area is 142 Å². The van der Waals surface area contributed by atoms with Gasteiger partial charge in [-0.15, -0.1) is 6.42 Å². The normalized spacial score (nSPS) is 39.7. The van der Waals surface area contributed by atoms with Crippen LogP contribution in [0.2, 0.25) is 0 Å². The number of hydrogen-bond acceptors (Lipinski definition) is 3. The van der Waals surface area contributed by atoms with E-state index in [-0.39, 0.29) is 34.7 Å². The summed E-state index contributed by atoms with van der Waals surface area (Å²) in [5.41, 5.74) is 0.130. The highest BCUT2D eigenvalue weighted by molar-refractivity contribution is 5.99. The van der Waals surface area contributed by atoms with Crippen molar-refractivity contribution in [1.29, 1.82) is 0 Å². The maximum Gasteiger partial charge on any atom is 0.163 e. The Morgan fingerprint density at radius 3 is 2.92 bits per heavy atom. The lowest BCUT2D eigenvalue weighted by molar-refractivity contribution is -0.0641. The Morgan fingerprint density at radius 1 is 1.42 bits per heavy atom. The first-order chi connectivity index (χ1) is 11.5. The summed E-state index contributed by atoms with van der Waals surface area (Å²) in [6.07, 6.45) is 12.5. The molecule has 1 fully saturated rings. The van der Waals surface area contributed by atoms with Gasteiger partial charge >= 0.3 is 0 Å². The fourth-order valence-electron chi connectivity index (χ4n) is 5.60. The molecule has 3 heteroatoms. The summed E-state index contributed by atoms with van der Waals surface area (Å²) in [6, 6.07) is 5.15. The highest BCUT2D eigenvalue weighted by Gasteiger charge is 2.60. The number of hydrogen-bond donors (Lipinski definition) is 2. The molecule has 1 aromatic carbocycles. The number of phenols is 1. The minimum absolute atomic E-state index is 0.0820. The summed E-state index contributed by atoms with van der Waals surface area (Å²) < 4.78 is 0. The molecule has 5 atom stereocenters. The number of phenolic OH excluding ortho intramolecular Hbond substituents is 1. The Balaban J connectivity index is 1.80. The molecule has 3 aliphatic rings. The molecule has 0 spiro atoms. The third-order valence-electron chi connectivity index (χ3n) is 6.83. The van der Waals surface area contributed by atoms with E-state index in [2.05, 4.69) is 18.9 Å². The lowest BCUT2D eigenvalue weighted by Crippen LogP contribution is -2.52. The van der Waals surface area contributed by atoms with Gasteiger partial charge in [-0.05, 0) is 60.8 Å². The van der Waals surface area contributed by atoms with Crippen molar-refractivity contribution in [2.45, 2.75) is 44.1 Å². The quantitative estimate of drug-likeness (QED) is 0.615. The van der Waals surface area contributed by atoms with E-state index >= 15 is 0 Å². The third-order valence-corrected chi connectivity index (χ3v) is 6.83. The molecule has 3 aliphatic carbocycles. The van der Waals surface area contributed by atoms with Gasteiger partial charge in [0.1, 0.15) is 11.4 Å². The summed E-state index contributed by atoms with van der Waals surface area (Å²) in [7, 11) is 0. The summed E-state index contributed by atoms with van der Waals surface area (Å²) in [5.74, 6) is 3.41. The summed E-state index contributed by atoms with van der Waals surface area (Å²) >= 11 is 0. The number of ketones is 1. The van der Waals surface area contributed by atoms with Crippen LogP contribution in [-0.4, -0.2) is 21.6 Å². The van der Waals surface area contributed by atoms with Gasteiger partial charge in [-0.1, -0.05) is 25.0 Å². The summed E-state index contributed by atoms with van der Waals surface area (Å²) in [6.45, 7) is 2.08. The monoisotopic (exact) mass is 322 g/mol. The molecular formula is C21H22O3. The molecule has 0 aliphatic heterocycles. The number of allylic oxidation sites excluding steroid dienone is 1. The zero-order valence-corrected chi connectivity index (χ0v) is 13.8. The molecule has 3 nitrogen and oxygen atoms in total. The number of Topliss-reactive ketones (excluding diaryl/α,β-unsaturated/α-hetero) is 1. The number of aliphatic hydroxyl groups is 1. The Bertz CT molecular complexity index is 787. The lowest BCUT2D eigenvalue weighted by atomic mass is 9.51. The zero-order valence-electron chi connectivity index (χ0n) is 13.8. The van der Waals surface area contributed by atoms with E-state index in [4.69, 9.17) is 6.42 Å². The second-order valence-electron chi connectivity index (χ2n) is 7.51. The molecule has 0 amide bonds.